The molecule has 1 aromatic heterocycles. The Morgan fingerprint density at radius 2 is 2.17 bits per heavy atom. The molecular formula is C12H16N2O3S. The number of hydrogen-bond donors (Lipinski definition) is 2. The summed E-state index contributed by atoms with van der Waals surface area (Å²) in [7, 11) is 0. The van der Waals surface area contributed by atoms with Gasteiger partial charge in [0.15, 0.2) is 0 Å². The highest BCUT2D eigenvalue weighted by molar-refractivity contribution is 7.13. The fraction of sp³-hybridized carbons (Fsp3) is 0.583. The molecule has 2 rings (SSSR count). The first-order valence-corrected chi connectivity index (χ1v) is 6.78. The van der Waals surface area contributed by atoms with Crippen LogP contribution in [0.25, 0.3) is 0 Å². The Kier molecular flexibility index (Phi) is 3.65. The Hall–Kier alpha value is -1.43. The number of carboxylic acids is 1. The summed E-state index contributed by atoms with van der Waals surface area (Å²) in [5.41, 5.74) is 0. The van der Waals surface area contributed by atoms with Gasteiger partial charge in [-0.2, -0.15) is 0 Å². The molecule has 6 heteroatoms. The summed E-state index contributed by atoms with van der Waals surface area (Å²) in [6.07, 6.45) is 2.64. The lowest BCUT2D eigenvalue weighted by atomic mass is 9.80. The van der Waals surface area contributed by atoms with Crippen LogP contribution in [0.4, 0.5) is 0 Å². The van der Waals surface area contributed by atoms with Crippen molar-refractivity contribution in [3.8, 4) is 0 Å². The molecule has 1 saturated carbocycles. The van der Waals surface area contributed by atoms with Crippen LogP contribution in [-0.4, -0.2) is 28.0 Å². The average Bonchev–Trinajstić information content (AvgIpc) is 2.70. The van der Waals surface area contributed by atoms with E-state index in [1.807, 2.05) is 13.8 Å². The first-order chi connectivity index (χ1) is 8.47. The Balaban J connectivity index is 1.87. The van der Waals surface area contributed by atoms with E-state index in [2.05, 4.69) is 10.3 Å². The number of amides is 1. The van der Waals surface area contributed by atoms with Gasteiger partial charge < -0.3 is 10.4 Å². The predicted molar refractivity (Wildman–Crippen MR) is 67.8 cm³/mol. The van der Waals surface area contributed by atoms with Crippen molar-refractivity contribution in [2.45, 2.75) is 38.6 Å². The molecule has 0 unspecified atom stereocenters. The van der Waals surface area contributed by atoms with Gasteiger partial charge in [-0.3, -0.25) is 9.59 Å². The number of rotatable bonds is 4. The molecule has 1 heterocycles. The van der Waals surface area contributed by atoms with Gasteiger partial charge in [0.2, 0.25) is 0 Å². The van der Waals surface area contributed by atoms with Gasteiger partial charge in [-0.1, -0.05) is 13.8 Å². The standard InChI is InChI=1S/C12H16N2O3S/c1-6(2)11-13-5-9(18-11)10(15)14-8-3-7(4-8)12(16)17/h5-8H,3-4H2,1-2H3,(H,14,15)(H,16,17). The van der Waals surface area contributed by atoms with Gasteiger partial charge in [-0.25, -0.2) is 4.98 Å². The third-order valence-corrected chi connectivity index (χ3v) is 4.36. The summed E-state index contributed by atoms with van der Waals surface area (Å²) >= 11 is 1.39. The van der Waals surface area contributed by atoms with E-state index in [-0.39, 0.29) is 17.9 Å². The minimum Gasteiger partial charge on any atom is -0.481 e. The molecule has 0 radical (unpaired) electrons. The van der Waals surface area contributed by atoms with E-state index >= 15 is 0 Å². The Morgan fingerprint density at radius 1 is 1.50 bits per heavy atom. The highest BCUT2D eigenvalue weighted by Gasteiger charge is 2.35. The molecule has 98 valence electrons. The van der Waals surface area contributed by atoms with Crippen molar-refractivity contribution in [3.63, 3.8) is 0 Å². The van der Waals surface area contributed by atoms with Crippen LogP contribution in [0.15, 0.2) is 6.20 Å². The van der Waals surface area contributed by atoms with Crippen LogP contribution >= 0.6 is 11.3 Å². The molecule has 0 spiro atoms. The molecule has 0 saturated heterocycles. The second kappa shape index (κ2) is 5.06. The third kappa shape index (κ3) is 2.69. The van der Waals surface area contributed by atoms with Gasteiger partial charge in [0.25, 0.3) is 5.91 Å². The minimum absolute atomic E-state index is 0.0109. The molecule has 0 atom stereocenters. The number of nitrogens with zero attached hydrogens (tertiary/aromatic N) is 1. The molecule has 1 aromatic rings. The van der Waals surface area contributed by atoms with E-state index in [1.54, 1.807) is 6.20 Å². The molecular weight excluding hydrogens is 252 g/mol. The number of nitrogens with one attached hydrogen (secondary N) is 1. The molecule has 1 amide bonds. The number of carbonyl (C=O) groups is 2. The van der Waals surface area contributed by atoms with Crippen molar-refractivity contribution < 1.29 is 14.7 Å². The van der Waals surface area contributed by atoms with Crippen molar-refractivity contribution in [3.05, 3.63) is 16.1 Å². The number of aliphatic carboxylic acids is 1. The summed E-state index contributed by atoms with van der Waals surface area (Å²) in [6, 6.07) is -0.0109. The van der Waals surface area contributed by atoms with Gasteiger partial charge >= 0.3 is 5.97 Å². The summed E-state index contributed by atoms with van der Waals surface area (Å²) < 4.78 is 0. The van der Waals surface area contributed by atoms with Crippen LogP contribution in [0, 0.1) is 5.92 Å². The lowest BCUT2D eigenvalue weighted by Gasteiger charge is -2.32. The van der Waals surface area contributed by atoms with Gasteiger partial charge in [0.1, 0.15) is 4.88 Å². The molecule has 1 aliphatic rings. The molecule has 0 aromatic carbocycles. The fourth-order valence-electron chi connectivity index (χ4n) is 1.85. The van der Waals surface area contributed by atoms with Crippen molar-refractivity contribution in [1.29, 1.82) is 0 Å². The summed E-state index contributed by atoms with van der Waals surface area (Å²) in [5.74, 6) is -0.909. The van der Waals surface area contributed by atoms with Gasteiger partial charge in [-0.15, -0.1) is 11.3 Å². The molecule has 2 N–H and O–H groups in total. The monoisotopic (exact) mass is 268 g/mol. The summed E-state index contributed by atoms with van der Waals surface area (Å²) in [6.45, 7) is 4.06. The maximum atomic E-state index is 11.9. The SMILES string of the molecule is CC(C)c1ncc(C(=O)NC2CC(C(=O)O)C2)s1. The van der Waals surface area contributed by atoms with Crippen LogP contribution in [0.1, 0.15) is 47.3 Å². The van der Waals surface area contributed by atoms with E-state index in [0.717, 1.165) is 5.01 Å². The number of carbonyl (C=O) groups excluding carboxylic acids is 1. The van der Waals surface area contributed by atoms with Crippen molar-refractivity contribution in [1.82, 2.24) is 10.3 Å². The normalized spacial score (nSPS) is 22.6. The second-order valence-electron chi connectivity index (χ2n) is 4.89. The van der Waals surface area contributed by atoms with Gasteiger partial charge in [0, 0.05) is 12.0 Å². The highest BCUT2D eigenvalue weighted by atomic mass is 32.1. The Labute approximate surface area is 109 Å². The summed E-state index contributed by atoms with van der Waals surface area (Å²) in [5, 5.41) is 12.5. The van der Waals surface area contributed by atoms with Gasteiger partial charge in [-0.05, 0) is 12.8 Å². The van der Waals surface area contributed by atoms with E-state index < -0.39 is 5.97 Å². The fourth-order valence-corrected chi connectivity index (χ4v) is 2.68. The zero-order valence-electron chi connectivity index (χ0n) is 10.3. The topological polar surface area (TPSA) is 79.3 Å². The zero-order valence-corrected chi connectivity index (χ0v) is 11.2. The Bertz CT molecular complexity index is 464. The molecule has 18 heavy (non-hydrogen) atoms. The van der Waals surface area contributed by atoms with E-state index in [4.69, 9.17) is 5.11 Å². The van der Waals surface area contributed by atoms with Crippen LogP contribution in [-0.2, 0) is 4.79 Å². The molecule has 1 aliphatic carbocycles. The van der Waals surface area contributed by atoms with Crippen molar-refractivity contribution >= 4 is 23.2 Å². The maximum absolute atomic E-state index is 11.9. The maximum Gasteiger partial charge on any atom is 0.306 e. The first kappa shape index (κ1) is 13.0. The van der Waals surface area contributed by atoms with Gasteiger partial charge in [0.05, 0.1) is 17.1 Å². The highest BCUT2D eigenvalue weighted by Crippen LogP contribution is 2.28. The van der Waals surface area contributed by atoms with Crippen molar-refractivity contribution in [2.75, 3.05) is 0 Å². The van der Waals surface area contributed by atoms with E-state index in [9.17, 15) is 9.59 Å². The number of carboxylic acid groups (broad SMARTS) is 1. The van der Waals surface area contributed by atoms with Crippen LogP contribution < -0.4 is 5.32 Å². The average molecular weight is 268 g/mol. The van der Waals surface area contributed by atoms with Crippen LogP contribution in [0.2, 0.25) is 0 Å². The predicted octanol–water partition coefficient (Wildman–Crippen LogP) is 1.86. The smallest absolute Gasteiger partial charge is 0.306 e. The first-order valence-electron chi connectivity index (χ1n) is 5.96. The number of aromatic nitrogens is 1. The largest absolute Gasteiger partial charge is 0.481 e. The van der Waals surface area contributed by atoms with Crippen LogP contribution in [0.5, 0.6) is 0 Å². The number of thiazole rings is 1. The molecule has 5 nitrogen and oxygen atoms in total. The Morgan fingerprint density at radius 3 is 2.67 bits per heavy atom. The van der Waals surface area contributed by atoms with Crippen LogP contribution in [0.3, 0.4) is 0 Å². The second-order valence-corrected chi connectivity index (χ2v) is 5.96. The lowest BCUT2D eigenvalue weighted by Crippen LogP contribution is -2.46. The van der Waals surface area contributed by atoms with Crippen molar-refractivity contribution in [2.24, 2.45) is 5.92 Å². The third-order valence-electron chi connectivity index (χ3n) is 3.06. The zero-order chi connectivity index (χ0) is 13.3. The molecule has 0 bridgehead atoms. The lowest BCUT2D eigenvalue weighted by molar-refractivity contribution is -0.145. The minimum atomic E-state index is -0.777. The number of hydrogen-bond acceptors (Lipinski definition) is 4. The van der Waals surface area contributed by atoms with E-state index in [1.165, 1.54) is 11.3 Å². The van der Waals surface area contributed by atoms with E-state index in [0.29, 0.717) is 23.6 Å². The molecule has 0 aliphatic heterocycles. The quantitative estimate of drug-likeness (QED) is 0.873. The molecule has 1 fully saturated rings. The summed E-state index contributed by atoms with van der Waals surface area (Å²) in [4.78, 5) is 27.3.